The first-order chi connectivity index (χ1) is 11.7. The molecule has 0 spiro atoms. The fourth-order valence-electron chi connectivity index (χ4n) is 3.28. The first kappa shape index (κ1) is 16.7. The summed E-state index contributed by atoms with van der Waals surface area (Å²) in [5.41, 5.74) is 1.44. The Bertz CT molecular complexity index is 725. The molecule has 1 atom stereocenters. The molecule has 1 saturated heterocycles. The smallest absolute Gasteiger partial charge is 0.261 e. The van der Waals surface area contributed by atoms with Crippen molar-refractivity contribution in [2.24, 2.45) is 0 Å². The van der Waals surface area contributed by atoms with Crippen molar-refractivity contribution >= 4 is 17.5 Å². The third-order valence-electron chi connectivity index (χ3n) is 4.42. The van der Waals surface area contributed by atoms with Crippen LogP contribution in [0.3, 0.4) is 0 Å². The summed E-state index contributed by atoms with van der Waals surface area (Å²) in [4.78, 5) is 15.1. The summed E-state index contributed by atoms with van der Waals surface area (Å²) in [7, 11) is 3.11. The van der Waals surface area contributed by atoms with E-state index in [0.717, 1.165) is 18.4 Å². The molecular weight excluding hydrogens is 326 g/mol. The molecule has 0 aromatic heterocycles. The summed E-state index contributed by atoms with van der Waals surface area (Å²) in [6.07, 6.45) is 1.84. The maximum Gasteiger partial charge on any atom is 0.261 e. The second kappa shape index (κ2) is 7.14. The molecule has 1 fully saturated rings. The Kier molecular flexibility index (Phi) is 4.95. The molecule has 1 heterocycles. The highest BCUT2D eigenvalue weighted by atomic mass is 35.5. The number of nitrogens with zero attached hydrogens (tertiary/aromatic N) is 1. The van der Waals surface area contributed by atoms with Gasteiger partial charge in [-0.25, -0.2) is 0 Å². The second-order valence-electron chi connectivity index (χ2n) is 5.72. The molecule has 3 rings (SSSR count). The third-order valence-corrected chi connectivity index (χ3v) is 4.76. The van der Waals surface area contributed by atoms with Gasteiger partial charge in [0.15, 0.2) is 0 Å². The van der Waals surface area contributed by atoms with E-state index in [9.17, 15) is 4.79 Å². The van der Waals surface area contributed by atoms with E-state index in [-0.39, 0.29) is 11.9 Å². The molecule has 2 aromatic rings. The van der Waals surface area contributed by atoms with E-state index >= 15 is 0 Å². The predicted octanol–water partition coefficient (Wildman–Crippen LogP) is 4.33. The molecule has 5 heteroatoms. The molecule has 1 aliphatic heterocycles. The molecule has 24 heavy (non-hydrogen) atoms. The lowest BCUT2D eigenvalue weighted by Gasteiger charge is -2.27. The van der Waals surface area contributed by atoms with Crippen molar-refractivity contribution in [3.05, 3.63) is 58.6 Å². The zero-order valence-electron chi connectivity index (χ0n) is 13.8. The van der Waals surface area contributed by atoms with Crippen LogP contribution in [0.4, 0.5) is 0 Å². The van der Waals surface area contributed by atoms with Gasteiger partial charge in [0.2, 0.25) is 0 Å². The lowest BCUT2D eigenvalue weighted by atomic mass is 10.0. The third kappa shape index (κ3) is 2.94. The van der Waals surface area contributed by atoms with Crippen LogP contribution in [-0.4, -0.2) is 31.6 Å². The van der Waals surface area contributed by atoms with Crippen LogP contribution < -0.4 is 9.47 Å². The van der Waals surface area contributed by atoms with Crippen LogP contribution in [0.5, 0.6) is 11.5 Å². The zero-order valence-corrected chi connectivity index (χ0v) is 14.5. The maximum absolute atomic E-state index is 13.2. The Morgan fingerprint density at radius 1 is 1.08 bits per heavy atom. The average Bonchev–Trinajstić information content (AvgIpc) is 3.10. The van der Waals surface area contributed by atoms with Gasteiger partial charge in [-0.05, 0) is 36.6 Å². The van der Waals surface area contributed by atoms with Crippen molar-refractivity contribution in [2.45, 2.75) is 18.9 Å². The number of hydrogen-bond donors (Lipinski definition) is 0. The Balaban J connectivity index is 2.00. The molecule has 0 N–H and O–H groups in total. The van der Waals surface area contributed by atoms with Crippen LogP contribution in [0, 0.1) is 0 Å². The number of ether oxygens (including phenoxy) is 2. The Hall–Kier alpha value is -2.20. The summed E-state index contributed by atoms with van der Waals surface area (Å²) in [6, 6.07) is 13.0. The van der Waals surface area contributed by atoms with Crippen molar-refractivity contribution in [1.82, 2.24) is 4.90 Å². The van der Waals surface area contributed by atoms with Crippen molar-refractivity contribution in [2.75, 3.05) is 20.8 Å². The number of methoxy groups -OCH3 is 2. The first-order valence-electron chi connectivity index (χ1n) is 7.93. The highest BCUT2D eigenvalue weighted by Crippen LogP contribution is 2.39. The lowest BCUT2D eigenvalue weighted by Crippen LogP contribution is -2.31. The molecule has 2 aromatic carbocycles. The Morgan fingerprint density at radius 3 is 2.38 bits per heavy atom. The summed E-state index contributed by atoms with van der Waals surface area (Å²) < 4.78 is 10.8. The molecular formula is C19H20ClNO3. The Morgan fingerprint density at radius 2 is 1.75 bits per heavy atom. The van der Waals surface area contributed by atoms with E-state index in [4.69, 9.17) is 21.1 Å². The van der Waals surface area contributed by atoms with Gasteiger partial charge in [-0.3, -0.25) is 4.79 Å². The minimum atomic E-state index is -0.0910. The number of carbonyl (C=O) groups excluding carboxylic acids is 1. The first-order valence-corrected chi connectivity index (χ1v) is 8.31. The summed E-state index contributed by atoms with van der Waals surface area (Å²) in [5.74, 6) is 0.944. The molecule has 0 saturated carbocycles. The van der Waals surface area contributed by atoms with Crippen LogP contribution in [-0.2, 0) is 0 Å². The topological polar surface area (TPSA) is 38.8 Å². The normalized spacial score (nSPS) is 17.0. The van der Waals surface area contributed by atoms with Crippen LogP contribution >= 0.6 is 11.6 Å². The van der Waals surface area contributed by atoms with Gasteiger partial charge < -0.3 is 14.4 Å². The van der Waals surface area contributed by atoms with Crippen molar-refractivity contribution in [3.8, 4) is 11.5 Å². The molecule has 126 valence electrons. The van der Waals surface area contributed by atoms with E-state index in [1.165, 1.54) is 0 Å². The molecule has 0 radical (unpaired) electrons. The molecule has 1 unspecified atom stereocenters. The van der Waals surface area contributed by atoms with Crippen molar-refractivity contribution in [1.29, 1.82) is 0 Å². The second-order valence-corrected chi connectivity index (χ2v) is 6.12. The average molecular weight is 346 g/mol. The lowest BCUT2D eigenvalue weighted by molar-refractivity contribution is 0.0728. The molecule has 1 aliphatic rings. The van der Waals surface area contributed by atoms with Crippen molar-refractivity contribution < 1.29 is 14.3 Å². The SMILES string of the molecule is COc1cccc(OC)c1C(=O)N1CCCC1c1ccccc1Cl. The highest BCUT2D eigenvalue weighted by molar-refractivity contribution is 6.31. The molecule has 0 bridgehead atoms. The summed E-state index contributed by atoms with van der Waals surface area (Å²) in [6.45, 7) is 0.690. The fourth-order valence-corrected chi connectivity index (χ4v) is 3.55. The number of amides is 1. The minimum Gasteiger partial charge on any atom is -0.496 e. The van der Waals surface area contributed by atoms with E-state index in [1.54, 1.807) is 26.4 Å². The predicted molar refractivity (Wildman–Crippen MR) is 94.0 cm³/mol. The van der Waals surface area contributed by atoms with Crippen LogP contribution in [0.2, 0.25) is 5.02 Å². The number of likely N-dealkylation sites (tertiary alicyclic amines) is 1. The van der Waals surface area contributed by atoms with E-state index in [1.807, 2.05) is 35.2 Å². The number of benzene rings is 2. The summed E-state index contributed by atoms with van der Waals surface area (Å²) >= 11 is 6.35. The van der Waals surface area contributed by atoms with Gasteiger partial charge in [-0.2, -0.15) is 0 Å². The largest absolute Gasteiger partial charge is 0.496 e. The quantitative estimate of drug-likeness (QED) is 0.827. The number of halogens is 1. The van der Waals surface area contributed by atoms with Gasteiger partial charge in [0.05, 0.1) is 20.3 Å². The number of carbonyl (C=O) groups is 1. The number of hydrogen-bond acceptors (Lipinski definition) is 3. The van der Waals surface area contributed by atoms with Gasteiger partial charge in [-0.1, -0.05) is 35.9 Å². The van der Waals surface area contributed by atoms with E-state index < -0.39 is 0 Å². The van der Waals surface area contributed by atoms with Gasteiger partial charge in [0.1, 0.15) is 17.1 Å². The van der Waals surface area contributed by atoms with Gasteiger partial charge in [0.25, 0.3) is 5.91 Å². The molecule has 4 nitrogen and oxygen atoms in total. The van der Waals surface area contributed by atoms with E-state index in [2.05, 4.69) is 0 Å². The van der Waals surface area contributed by atoms with Gasteiger partial charge in [0, 0.05) is 11.6 Å². The van der Waals surface area contributed by atoms with Gasteiger partial charge in [-0.15, -0.1) is 0 Å². The van der Waals surface area contributed by atoms with Crippen LogP contribution in [0.1, 0.15) is 34.8 Å². The van der Waals surface area contributed by atoms with Crippen LogP contribution in [0.15, 0.2) is 42.5 Å². The minimum absolute atomic E-state index is 0.0270. The zero-order chi connectivity index (χ0) is 17.1. The van der Waals surface area contributed by atoms with Gasteiger partial charge >= 0.3 is 0 Å². The highest BCUT2D eigenvalue weighted by Gasteiger charge is 2.34. The van der Waals surface area contributed by atoms with Crippen molar-refractivity contribution in [3.63, 3.8) is 0 Å². The van der Waals surface area contributed by atoms with E-state index in [0.29, 0.717) is 28.6 Å². The fraction of sp³-hybridized carbons (Fsp3) is 0.316. The summed E-state index contributed by atoms with van der Waals surface area (Å²) in [5, 5.41) is 0.689. The molecule has 1 amide bonds. The van der Waals surface area contributed by atoms with Crippen LogP contribution in [0.25, 0.3) is 0 Å². The standard InChI is InChI=1S/C19H20ClNO3/c1-23-16-10-5-11-17(24-2)18(16)19(22)21-12-6-9-15(21)13-7-3-4-8-14(13)20/h3-5,7-8,10-11,15H,6,9,12H2,1-2H3. The Labute approximate surface area is 146 Å². The monoisotopic (exact) mass is 345 g/mol. The maximum atomic E-state index is 13.2. The molecule has 0 aliphatic carbocycles. The number of rotatable bonds is 4.